The number of hydrogen-bond acceptors (Lipinski definition) is 4. The van der Waals surface area contributed by atoms with E-state index in [1.165, 1.54) is 19.2 Å². The highest BCUT2D eigenvalue weighted by Gasteiger charge is 2.15. The summed E-state index contributed by atoms with van der Waals surface area (Å²) < 4.78 is 4.88. The van der Waals surface area contributed by atoms with Crippen molar-refractivity contribution < 1.29 is 19.7 Å². The van der Waals surface area contributed by atoms with Crippen molar-refractivity contribution in [1.82, 2.24) is 0 Å². The molecule has 1 aromatic rings. The van der Waals surface area contributed by atoms with E-state index < -0.39 is 5.97 Å². The molecule has 1 rings (SSSR count). The number of phenols is 1. The van der Waals surface area contributed by atoms with Gasteiger partial charge >= 0.3 is 5.97 Å². The number of benzene rings is 1. The lowest BCUT2D eigenvalue weighted by Crippen LogP contribution is -1.99. The van der Waals surface area contributed by atoms with Gasteiger partial charge in [-0.2, -0.15) is 0 Å². The van der Waals surface area contributed by atoms with Gasteiger partial charge in [-0.3, -0.25) is 0 Å². The zero-order valence-electron chi connectivity index (χ0n) is 8.80. The van der Waals surface area contributed by atoms with Crippen molar-refractivity contribution >= 4 is 12.0 Å². The zero-order chi connectivity index (χ0) is 12.1. The van der Waals surface area contributed by atoms with Crippen LogP contribution in [0.4, 0.5) is 0 Å². The van der Waals surface area contributed by atoms with Crippen molar-refractivity contribution in [2.75, 3.05) is 13.7 Å². The van der Waals surface area contributed by atoms with E-state index in [4.69, 9.17) is 15.6 Å². The second kappa shape index (κ2) is 5.18. The van der Waals surface area contributed by atoms with Crippen LogP contribution in [0.25, 0.3) is 6.08 Å². The quantitative estimate of drug-likeness (QED) is 0.710. The Labute approximate surface area is 92.8 Å². The highest BCUT2D eigenvalue weighted by molar-refractivity contribution is 5.92. The van der Waals surface area contributed by atoms with Crippen molar-refractivity contribution in [2.45, 2.75) is 0 Å². The predicted molar refractivity (Wildman–Crippen MR) is 59.7 cm³/mol. The molecule has 5 heteroatoms. The first-order valence-corrected chi connectivity index (χ1v) is 4.61. The number of aromatic hydroxyl groups is 1. The molecule has 0 fully saturated rings. The lowest BCUT2D eigenvalue weighted by atomic mass is 10.1. The van der Waals surface area contributed by atoms with Gasteiger partial charge in [-0.15, -0.1) is 0 Å². The highest BCUT2D eigenvalue weighted by atomic mass is 16.5. The maximum Gasteiger partial charge on any atom is 0.339 e. The van der Waals surface area contributed by atoms with Crippen LogP contribution in [-0.4, -0.2) is 29.8 Å². The van der Waals surface area contributed by atoms with Gasteiger partial charge in [-0.25, -0.2) is 4.79 Å². The van der Waals surface area contributed by atoms with Crippen LogP contribution < -0.4 is 10.5 Å². The van der Waals surface area contributed by atoms with E-state index in [0.717, 1.165) is 0 Å². The Hall–Kier alpha value is -2.01. The minimum Gasteiger partial charge on any atom is -0.504 e. The molecule has 0 radical (unpaired) electrons. The Morgan fingerprint density at radius 3 is 2.75 bits per heavy atom. The number of nitrogens with two attached hydrogens (primary N) is 1. The fraction of sp³-hybridized carbons (Fsp3) is 0.182. The molecule has 0 spiro atoms. The van der Waals surface area contributed by atoms with Crippen LogP contribution in [-0.2, 0) is 0 Å². The number of methoxy groups -OCH3 is 1. The number of hydrogen-bond donors (Lipinski definition) is 3. The van der Waals surface area contributed by atoms with E-state index >= 15 is 0 Å². The zero-order valence-corrected chi connectivity index (χ0v) is 8.80. The van der Waals surface area contributed by atoms with Crippen LogP contribution in [0.5, 0.6) is 11.5 Å². The molecule has 0 aliphatic carbocycles. The summed E-state index contributed by atoms with van der Waals surface area (Å²) in [6.07, 6.45) is 3.34. The van der Waals surface area contributed by atoms with E-state index in [0.29, 0.717) is 12.1 Å². The third kappa shape index (κ3) is 2.52. The molecule has 0 aliphatic rings. The monoisotopic (exact) mass is 223 g/mol. The van der Waals surface area contributed by atoms with Gasteiger partial charge < -0.3 is 20.7 Å². The Bertz CT molecular complexity index is 426. The topological polar surface area (TPSA) is 92.8 Å². The summed E-state index contributed by atoms with van der Waals surface area (Å²) in [7, 11) is 1.36. The van der Waals surface area contributed by atoms with E-state index in [2.05, 4.69) is 0 Å². The van der Waals surface area contributed by atoms with Crippen molar-refractivity contribution in [2.24, 2.45) is 5.73 Å². The molecule has 0 amide bonds. The van der Waals surface area contributed by atoms with Crippen molar-refractivity contribution in [3.63, 3.8) is 0 Å². The molecule has 0 aromatic heterocycles. The van der Waals surface area contributed by atoms with Crippen LogP contribution in [0.2, 0.25) is 0 Å². The first-order valence-electron chi connectivity index (χ1n) is 4.61. The van der Waals surface area contributed by atoms with Gasteiger partial charge in [0.25, 0.3) is 0 Å². The Morgan fingerprint density at radius 1 is 1.56 bits per heavy atom. The number of carboxylic acids is 1. The largest absolute Gasteiger partial charge is 0.504 e. The van der Waals surface area contributed by atoms with Gasteiger partial charge in [0.2, 0.25) is 0 Å². The Kier molecular flexibility index (Phi) is 3.90. The lowest BCUT2D eigenvalue weighted by molar-refractivity contribution is 0.0693. The minimum atomic E-state index is -1.21. The molecule has 0 heterocycles. The van der Waals surface area contributed by atoms with Crippen LogP contribution in [0.3, 0.4) is 0 Å². The van der Waals surface area contributed by atoms with Crippen LogP contribution in [0, 0.1) is 0 Å². The molecule has 5 nitrogen and oxygen atoms in total. The van der Waals surface area contributed by atoms with E-state index in [-0.39, 0.29) is 17.1 Å². The molecule has 0 atom stereocenters. The Balaban J connectivity index is 3.28. The maximum atomic E-state index is 10.9. The normalized spacial score (nSPS) is 10.6. The second-order valence-corrected chi connectivity index (χ2v) is 3.06. The predicted octanol–water partition coefficient (Wildman–Crippen LogP) is 1.07. The second-order valence-electron chi connectivity index (χ2n) is 3.06. The molecular formula is C11H13NO4. The van der Waals surface area contributed by atoms with Crippen LogP contribution >= 0.6 is 0 Å². The first kappa shape index (κ1) is 12.1. The van der Waals surface area contributed by atoms with Gasteiger partial charge in [-0.05, 0) is 17.7 Å². The summed E-state index contributed by atoms with van der Waals surface area (Å²) in [6, 6.07) is 2.89. The van der Waals surface area contributed by atoms with Crippen molar-refractivity contribution in [1.29, 1.82) is 0 Å². The summed E-state index contributed by atoms with van der Waals surface area (Å²) in [6.45, 7) is 0.353. The summed E-state index contributed by atoms with van der Waals surface area (Å²) in [5, 5.41) is 18.4. The van der Waals surface area contributed by atoms with E-state index in [1.54, 1.807) is 12.2 Å². The standard InChI is InChI=1S/C11H13NO4/c1-16-9-6-7(3-2-4-12)5-8(10(9)13)11(14)15/h2-3,5-6,13H,4,12H2,1H3,(H,14,15)/b3-2+. The summed E-state index contributed by atoms with van der Waals surface area (Å²) >= 11 is 0. The first-order chi connectivity index (χ1) is 7.60. The van der Waals surface area contributed by atoms with Crippen LogP contribution in [0.1, 0.15) is 15.9 Å². The van der Waals surface area contributed by atoms with Gasteiger partial charge in [0.05, 0.1) is 7.11 Å². The van der Waals surface area contributed by atoms with Gasteiger partial charge in [0.15, 0.2) is 11.5 Å². The van der Waals surface area contributed by atoms with E-state index in [1.807, 2.05) is 0 Å². The fourth-order valence-electron chi connectivity index (χ4n) is 1.25. The number of aromatic carboxylic acids is 1. The minimum absolute atomic E-state index is 0.122. The SMILES string of the molecule is COc1cc(/C=C/CN)cc(C(=O)O)c1O. The fourth-order valence-corrected chi connectivity index (χ4v) is 1.25. The van der Waals surface area contributed by atoms with Gasteiger partial charge in [0.1, 0.15) is 5.56 Å². The molecule has 0 unspecified atom stereocenters. The van der Waals surface area contributed by atoms with Crippen LogP contribution in [0.15, 0.2) is 18.2 Å². The smallest absolute Gasteiger partial charge is 0.339 e. The molecule has 4 N–H and O–H groups in total. The third-order valence-corrected chi connectivity index (χ3v) is 1.99. The van der Waals surface area contributed by atoms with Crippen molar-refractivity contribution in [3.05, 3.63) is 29.3 Å². The van der Waals surface area contributed by atoms with E-state index in [9.17, 15) is 9.90 Å². The molecule has 86 valence electrons. The maximum absolute atomic E-state index is 10.9. The molecule has 1 aromatic carbocycles. The summed E-state index contributed by atoms with van der Waals surface area (Å²) in [5.41, 5.74) is 5.70. The lowest BCUT2D eigenvalue weighted by Gasteiger charge is -2.07. The average Bonchev–Trinajstić information content (AvgIpc) is 2.27. The molecule has 0 saturated heterocycles. The van der Waals surface area contributed by atoms with Gasteiger partial charge in [-0.1, -0.05) is 12.2 Å². The number of ether oxygens (including phenoxy) is 1. The molecule has 0 bridgehead atoms. The van der Waals surface area contributed by atoms with Gasteiger partial charge in [0, 0.05) is 6.54 Å². The number of carbonyl (C=O) groups is 1. The highest BCUT2D eigenvalue weighted by Crippen LogP contribution is 2.31. The number of carboxylic acid groups (broad SMARTS) is 1. The molecule has 0 saturated carbocycles. The third-order valence-electron chi connectivity index (χ3n) is 1.99. The Morgan fingerprint density at radius 2 is 2.25 bits per heavy atom. The molecular weight excluding hydrogens is 210 g/mol. The molecule has 16 heavy (non-hydrogen) atoms. The van der Waals surface area contributed by atoms with Crippen molar-refractivity contribution in [3.8, 4) is 11.5 Å². The molecule has 0 aliphatic heterocycles. The summed E-state index contributed by atoms with van der Waals surface area (Å²) in [5.74, 6) is -1.46. The summed E-state index contributed by atoms with van der Waals surface area (Å²) in [4.78, 5) is 10.9. The number of rotatable bonds is 4. The average molecular weight is 223 g/mol.